The molecule has 0 saturated heterocycles. The standard InChI is InChI=1S/C21H19N3O4/c25-19(16-10-5-2-6-11-16)23-24-20(26)17(14-15-8-3-1-4-9-15)22-21(27)18-12-7-13-28-18/h1-13,17H,14H2,(H,22,27)(H,23,25)(H,24,26). The van der Waals surface area contributed by atoms with Gasteiger partial charge in [0.05, 0.1) is 6.26 Å². The molecule has 7 heteroatoms. The molecule has 3 N–H and O–H groups in total. The highest BCUT2D eigenvalue weighted by molar-refractivity contribution is 5.98. The first kappa shape index (κ1) is 18.9. The van der Waals surface area contributed by atoms with E-state index in [9.17, 15) is 14.4 Å². The minimum atomic E-state index is -0.906. The Bertz CT molecular complexity index is 925. The molecule has 142 valence electrons. The zero-order chi connectivity index (χ0) is 19.8. The lowest BCUT2D eigenvalue weighted by atomic mass is 10.1. The highest BCUT2D eigenvalue weighted by Gasteiger charge is 2.23. The van der Waals surface area contributed by atoms with Crippen LogP contribution in [-0.4, -0.2) is 23.8 Å². The van der Waals surface area contributed by atoms with E-state index < -0.39 is 23.8 Å². The van der Waals surface area contributed by atoms with E-state index in [0.29, 0.717) is 5.56 Å². The van der Waals surface area contributed by atoms with Crippen molar-refractivity contribution in [2.75, 3.05) is 0 Å². The Hall–Kier alpha value is -3.87. The summed E-state index contributed by atoms with van der Waals surface area (Å²) in [6.07, 6.45) is 1.63. The average molecular weight is 377 g/mol. The van der Waals surface area contributed by atoms with Gasteiger partial charge in [0, 0.05) is 12.0 Å². The molecule has 0 spiro atoms. The van der Waals surface area contributed by atoms with Crippen LogP contribution >= 0.6 is 0 Å². The molecule has 28 heavy (non-hydrogen) atoms. The van der Waals surface area contributed by atoms with E-state index in [0.717, 1.165) is 5.56 Å². The summed E-state index contributed by atoms with van der Waals surface area (Å²) < 4.78 is 5.07. The van der Waals surface area contributed by atoms with E-state index in [2.05, 4.69) is 16.2 Å². The van der Waals surface area contributed by atoms with Crippen LogP contribution in [0.25, 0.3) is 0 Å². The number of carbonyl (C=O) groups is 3. The molecule has 0 aliphatic carbocycles. The van der Waals surface area contributed by atoms with Crippen LogP contribution in [0.4, 0.5) is 0 Å². The van der Waals surface area contributed by atoms with E-state index in [1.165, 1.54) is 12.3 Å². The molecule has 0 aliphatic heterocycles. The van der Waals surface area contributed by atoms with Gasteiger partial charge in [0.2, 0.25) is 0 Å². The first-order chi connectivity index (χ1) is 13.6. The maximum atomic E-state index is 12.6. The highest BCUT2D eigenvalue weighted by Crippen LogP contribution is 2.06. The topological polar surface area (TPSA) is 100 Å². The number of hydrazine groups is 1. The van der Waals surface area contributed by atoms with Gasteiger partial charge in [-0.25, -0.2) is 0 Å². The Morgan fingerprint density at radius 3 is 2.11 bits per heavy atom. The molecule has 0 radical (unpaired) electrons. The normalized spacial score (nSPS) is 11.3. The first-order valence-electron chi connectivity index (χ1n) is 8.67. The molecule has 0 fully saturated rings. The zero-order valence-corrected chi connectivity index (χ0v) is 14.9. The fraction of sp³-hybridized carbons (Fsp3) is 0.0952. The average Bonchev–Trinajstić information content (AvgIpc) is 3.28. The number of hydrogen-bond acceptors (Lipinski definition) is 4. The molecule has 1 unspecified atom stereocenters. The molecule has 0 bridgehead atoms. The van der Waals surface area contributed by atoms with Gasteiger partial charge in [0.15, 0.2) is 5.76 Å². The summed E-state index contributed by atoms with van der Waals surface area (Å²) in [5, 5.41) is 2.64. The summed E-state index contributed by atoms with van der Waals surface area (Å²) >= 11 is 0. The Kier molecular flexibility index (Phi) is 6.20. The predicted molar refractivity (Wildman–Crippen MR) is 102 cm³/mol. The van der Waals surface area contributed by atoms with Gasteiger partial charge in [-0.05, 0) is 29.8 Å². The minimum Gasteiger partial charge on any atom is -0.459 e. The Morgan fingerprint density at radius 2 is 1.46 bits per heavy atom. The molecule has 1 aromatic heterocycles. The van der Waals surface area contributed by atoms with Gasteiger partial charge < -0.3 is 9.73 Å². The Morgan fingerprint density at radius 1 is 0.786 bits per heavy atom. The molecule has 2 aromatic carbocycles. The van der Waals surface area contributed by atoms with Crippen molar-refractivity contribution >= 4 is 17.7 Å². The van der Waals surface area contributed by atoms with E-state index in [1.54, 1.807) is 36.4 Å². The van der Waals surface area contributed by atoms with Crippen molar-refractivity contribution in [3.8, 4) is 0 Å². The summed E-state index contributed by atoms with van der Waals surface area (Å²) in [6, 6.07) is 19.9. The highest BCUT2D eigenvalue weighted by atomic mass is 16.3. The van der Waals surface area contributed by atoms with Gasteiger partial charge >= 0.3 is 0 Å². The maximum absolute atomic E-state index is 12.6. The molecule has 0 saturated carbocycles. The summed E-state index contributed by atoms with van der Waals surface area (Å²) in [6.45, 7) is 0. The van der Waals surface area contributed by atoms with E-state index in [1.807, 2.05) is 30.3 Å². The first-order valence-corrected chi connectivity index (χ1v) is 8.67. The van der Waals surface area contributed by atoms with Crippen LogP contribution in [0.15, 0.2) is 83.5 Å². The number of benzene rings is 2. The van der Waals surface area contributed by atoms with Gasteiger partial charge in [0.1, 0.15) is 6.04 Å². The lowest BCUT2D eigenvalue weighted by Crippen LogP contribution is -2.53. The van der Waals surface area contributed by atoms with Gasteiger partial charge in [-0.15, -0.1) is 0 Å². The third-order valence-electron chi connectivity index (χ3n) is 3.98. The van der Waals surface area contributed by atoms with E-state index in [4.69, 9.17) is 4.42 Å². The zero-order valence-electron chi connectivity index (χ0n) is 14.9. The number of amides is 3. The third kappa shape index (κ3) is 5.07. The lowest BCUT2D eigenvalue weighted by Gasteiger charge is -2.18. The number of rotatable bonds is 6. The smallest absolute Gasteiger partial charge is 0.287 e. The largest absolute Gasteiger partial charge is 0.459 e. The van der Waals surface area contributed by atoms with E-state index >= 15 is 0 Å². The lowest BCUT2D eigenvalue weighted by molar-refractivity contribution is -0.123. The second kappa shape index (κ2) is 9.18. The van der Waals surface area contributed by atoms with Crippen molar-refractivity contribution in [1.82, 2.24) is 16.2 Å². The van der Waals surface area contributed by atoms with Crippen LogP contribution in [0.1, 0.15) is 26.5 Å². The van der Waals surface area contributed by atoms with Gasteiger partial charge in [-0.1, -0.05) is 48.5 Å². The van der Waals surface area contributed by atoms with Crippen LogP contribution in [0.2, 0.25) is 0 Å². The summed E-state index contributed by atoms with van der Waals surface area (Å²) in [5.41, 5.74) is 5.99. The van der Waals surface area contributed by atoms with Crippen LogP contribution in [0.3, 0.4) is 0 Å². The Balaban J connectivity index is 1.67. The van der Waals surface area contributed by atoms with Gasteiger partial charge in [-0.3, -0.25) is 25.2 Å². The SMILES string of the molecule is O=C(NNC(=O)C(Cc1ccccc1)NC(=O)c1ccco1)c1ccccc1. The quantitative estimate of drug-likeness (QED) is 0.573. The number of furan rings is 1. The molecular formula is C21H19N3O4. The van der Waals surface area contributed by atoms with Crippen molar-refractivity contribution in [1.29, 1.82) is 0 Å². The third-order valence-corrected chi connectivity index (χ3v) is 3.98. The van der Waals surface area contributed by atoms with Crippen LogP contribution < -0.4 is 16.2 Å². The fourth-order valence-electron chi connectivity index (χ4n) is 2.56. The van der Waals surface area contributed by atoms with Crippen molar-refractivity contribution in [3.05, 3.63) is 95.9 Å². The predicted octanol–water partition coefficient (Wildman–Crippen LogP) is 2.08. The van der Waals surface area contributed by atoms with Crippen molar-refractivity contribution in [2.45, 2.75) is 12.5 Å². The second-order valence-electron chi connectivity index (χ2n) is 6.00. The summed E-state index contributed by atoms with van der Waals surface area (Å²) in [7, 11) is 0. The van der Waals surface area contributed by atoms with Crippen LogP contribution in [0.5, 0.6) is 0 Å². The molecule has 1 heterocycles. The van der Waals surface area contributed by atoms with Crippen molar-refractivity contribution < 1.29 is 18.8 Å². The number of hydrogen-bond donors (Lipinski definition) is 3. The van der Waals surface area contributed by atoms with Crippen molar-refractivity contribution in [3.63, 3.8) is 0 Å². The molecular weight excluding hydrogens is 358 g/mol. The summed E-state index contributed by atoms with van der Waals surface area (Å²) in [4.78, 5) is 37.0. The molecule has 7 nitrogen and oxygen atoms in total. The van der Waals surface area contributed by atoms with Gasteiger partial charge in [0.25, 0.3) is 17.7 Å². The molecule has 3 amide bonds. The second-order valence-corrected chi connectivity index (χ2v) is 6.00. The van der Waals surface area contributed by atoms with Gasteiger partial charge in [-0.2, -0.15) is 0 Å². The van der Waals surface area contributed by atoms with Crippen molar-refractivity contribution in [2.24, 2.45) is 0 Å². The molecule has 3 rings (SSSR count). The maximum Gasteiger partial charge on any atom is 0.287 e. The molecule has 1 atom stereocenters. The number of carbonyl (C=O) groups excluding carboxylic acids is 3. The van der Waals surface area contributed by atoms with E-state index in [-0.39, 0.29) is 12.2 Å². The number of nitrogens with one attached hydrogen (secondary N) is 3. The van der Waals surface area contributed by atoms with Crippen LogP contribution in [0, 0.1) is 0 Å². The minimum absolute atomic E-state index is 0.0965. The summed E-state index contributed by atoms with van der Waals surface area (Å²) in [5.74, 6) is -1.42. The molecule has 3 aromatic rings. The fourth-order valence-corrected chi connectivity index (χ4v) is 2.56. The molecule has 0 aliphatic rings. The Labute approximate surface area is 161 Å². The van der Waals surface area contributed by atoms with Crippen LogP contribution in [-0.2, 0) is 11.2 Å². The monoisotopic (exact) mass is 377 g/mol.